The van der Waals surface area contributed by atoms with Crippen molar-refractivity contribution in [1.82, 2.24) is 10.2 Å². The number of halogens is 2. The highest BCUT2D eigenvalue weighted by atomic mass is 35.5. The molecular weight excluding hydrogens is 333 g/mol. The molecule has 0 fully saturated rings. The zero-order valence-corrected chi connectivity index (χ0v) is 16.2. The summed E-state index contributed by atoms with van der Waals surface area (Å²) >= 11 is 0. The average molecular weight is 364 g/mol. The van der Waals surface area contributed by atoms with Gasteiger partial charge in [-0.05, 0) is 30.1 Å². The van der Waals surface area contributed by atoms with Crippen LogP contribution in [0.2, 0.25) is 0 Å². The number of nitrogens with two attached hydrogens (primary N) is 1. The first-order valence-corrected chi connectivity index (χ1v) is 7.82. The average Bonchev–Trinajstić information content (AvgIpc) is 2.50. The predicted molar refractivity (Wildman–Crippen MR) is 102 cm³/mol. The summed E-state index contributed by atoms with van der Waals surface area (Å²) in [5, 5.41) is 2.95. The molecule has 3 N–H and O–H groups in total. The van der Waals surface area contributed by atoms with Crippen molar-refractivity contribution in [1.29, 1.82) is 0 Å². The molecule has 0 saturated heterocycles. The van der Waals surface area contributed by atoms with Gasteiger partial charge in [-0.15, -0.1) is 24.8 Å². The lowest BCUT2D eigenvalue weighted by atomic mass is 10.0. The molecule has 1 aromatic rings. The zero-order chi connectivity index (χ0) is 15.8. The summed E-state index contributed by atoms with van der Waals surface area (Å²) in [6.45, 7) is 11.7. The number of hydrogen-bond donors (Lipinski definition) is 2. The Morgan fingerprint density at radius 1 is 1.13 bits per heavy atom. The van der Waals surface area contributed by atoms with Crippen molar-refractivity contribution in [3.63, 3.8) is 0 Å². The summed E-state index contributed by atoms with van der Waals surface area (Å²) in [5.41, 5.74) is 8.29. The number of amides is 1. The van der Waals surface area contributed by atoms with E-state index >= 15 is 0 Å². The molecule has 0 radical (unpaired) electrons. The fraction of sp³-hybridized carbons (Fsp3) is 0.588. The van der Waals surface area contributed by atoms with Crippen LogP contribution in [0.3, 0.4) is 0 Å². The second-order valence-electron chi connectivity index (χ2n) is 5.72. The van der Waals surface area contributed by atoms with E-state index in [-0.39, 0.29) is 36.6 Å². The second-order valence-corrected chi connectivity index (χ2v) is 5.72. The predicted octanol–water partition coefficient (Wildman–Crippen LogP) is 2.97. The van der Waals surface area contributed by atoms with Crippen LogP contribution < -0.4 is 11.1 Å². The van der Waals surface area contributed by atoms with E-state index in [4.69, 9.17) is 5.73 Å². The van der Waals surface area contributed by atoms with E-state index in [9.17, 15) is 4.79 Å². The number of nitrogens with one attached hydrogen (secondary N) is 1. The first-order chi connectivity index (χ1) is 9.99. The molecule has 23 heavy (non-hydrogen) atoms. The van der Waals surface area contributed by atoms with Crippen molar-refractivity contribution in [2.45, 2.75) is 46.8 Å². The fourth-order valence-electron chi connectivity index (χ4n) is 2.18. The first kappa shape index (κ1) is 24.4. The largest absolute Gasteiger partial charge is 0.351 e. The van der Waals surface area contributed by atoms with Crippen LogP contribution in [0.5, 0.6) is 0 Å². The molecule has 4 nitrogen and oxygen atoms in total. The molecule has 1 atom stereocenters. The molecule has 0 aliphatic rings. The second kappa shape index (κ2) is 12.6. The van der Waals surface area contributed by atoms with Gasteiger partial charge in [-0.2, -0.15) is 0 Å². The molecule has 1 rings (SSSR count). The Morgan fingerprint density at radius 3 is 2.13 bits per heavy atom. The Bertz CT molecular complexity index is 451. The molecule has 0 aliphatic carbocycles. The molecule has 6 heteroatoms. The van der Waals surface area contributed by atoms with Crippen LogP contribution in [0.25, 0.3) is 0 Å². The van der Waals surface area contributed by atoms with Crippen LogP contribution in [0, 0.1) is 5.92 Å². The lowest BCUT2D eigenvalue weighted by Gasteiger charge is -2.21. The SMILES string of the molecule is CCN(CC)Cc1ccccc1CNC(=O)C(N)C(C)C.Cl.Cl. The number of carbonyl (C=O) groups excluding carboxylic acids is 1. The Balaban J connectivity index is 0. The summed E-state index contributed by atoms with van der Waals surface area (Å²) in [7, 11) is 0. The standard InChI is InChI=1S/C17H29N3O.2ClH/c1-5-20(6-2)12-15-10-8-7-9-14(15)11-19-17(21)16(18)13(3)4;;/h7-10,13,16H,5-6,11-12,18H2,1-4H3,(H,19,21);2*1H. The summed E-state index contributed by atoms with van der Waals surface area (Å²) in [6, 6.07) is 7.81. The Kier molecular flexibility index (Phi) is 13.4. The lowest BCUT2D eigenvalue weighted by Crippen LogP contribution is -2.43. The zero-order valence-electron chi connectivity index (χ0n) is 14.5. The monoisotopic (exact) mass is 363 g/mol. The molecule has 0 aromatic heterocycles. The van der Waals surface area contributed by atoms with Crippen LogP contribution >= 0.6 is 24.8 Å². The third kappa shape index (κ3) is 8.02. The number of hydrogen-bond acceptors (Lipinski definition) is 3. The molecular formula is C17H31Cl2N3O. The van der Waals surface area contributed by atoms with Crippen LogP contribution in [-0.4, -0.2) is 29.9 Å². The molecule has 0 bridgehead atoms. The van der Waals surface area contributed by atoms with E-state index in [1.165, 1.54) is 5.56 Å². The van der Waals surface area contributed by atoms with Gasteiger partial charge >= 0.3 is 0 Å². The van der Waals surface area contributed by atoms with Crippen LogP contribution in [0.1, 0.15) is 38.8 Å². The molecule has 134 valence electrons. The van der Waals surface area contributed by atoms with Crippen molar-refractivity contribution in [2.24, 2.45) is 11.7 Å². The molecule has 1 amide bonds. The van der Waals surface area contributed by atoms with Crippen LogP contribution in [0.15, 0.2) is 24.3 Å². The van der Waals surface area contributed by atoms with E-state index < -0.39 is 6.04 Å². The van der Waals surface area contributed by atoms with Crippen molar-refractivity contribution >= 4 is 30.7 Å². The Morgan fingerprint density at radius 2 is 1.65 bits per heavy atom. The van der Waals surface area contributed by atoms with Crippen molar-refractivity contribution in [3.8, 4) is 0 Å². The van der Waals surface area contributed by atoms with E-state index in [2.05, 4.69) is 36.2 Å². The third-order valence-electron chi connectivity index (χ3n) is 3.88. The maximum atomic E-state index is 12.0. The quantitative estimate of drug-likeness (QED) is 0.746. The minimum Gasteiger partial charge on any atom is -0.351 e. The smallest absolute Gasteiger partial charge is 0.237 e. The Hall–Kier alpha value is -0.810. The first-order valence-electron chi connectivity index (χ1n) is 7.82. The van der Waals surface area contributed by atoms with Crippen molar-refractivity contribution < 1.29 is 4.79 Å². The van der Waals surface area contributed by atoms with Gasteiger partial charge in [0.15, 0.2) is 0 Å². The number of rotatable bonds is 8. The summed E-state index contributed by atoms with van der Waals surface area (Å²) in [6.07, 6.45) is 0. The van der Waals surface area contributed by atoms with Gasteiger partial charge in [0.1, 0.15) is 0 Å². The van der Waals surface area contributed by atoms with Gasteiger partial charge < -0.3 is 11.1 Å². The normalized spacial score (nSPS) is 11.6. The van der Waals surface area contributed by atoms with Crippen LogP contribution in [0.4, 0.5) is 0 Å². The van der Waals surface area contributed by atoms with E-state index in [1.54, 1.807) is 0 Å². The van der Waals surface area contributed by atoms with E-state index in [0.717, 1.165) is 25.2 Å². The summed E-state index contributed by atoms with van der Waals surface area (Å²) < 4.78 is 0. The minimum atomic E-state index is -0.444. The molecule has 0 aliphatic heterocycles. The molecule has 1 unspecified atom stereocenters. The maximum Gasteiger partial charge on any atom is 0.237 e. The van der Waals surface area contributed by atoms with Gasteiger partial charge in [0.2, 0.25) is 5.91 Å². The Labute approximate surface area is 153 Å². The summed E-state index contributed by atoms with van der Waals surface area (Å²) in [5.74, 6) is 0.0681. The van der Waals surface area contributed by atoms with Gasteiger partial charge in [0.05, 0.1) is 6.04 Å². The highest BCUT2D eigenvalue weighted by molar-refractivity contribution is 5.85. The molecule has 0 heterocycles. The van der Waals surface area contributed by atoms with Gasteiger partial charge in [-0.25, -0.2) is 0 Å². The fourth-order valence-corrected chi connectivity index (χ4v) is 2.18. The van der Waals surface area contributed by atoms with Gasteiger partial charge in [0.25, 0.3) is 0 Å². The van der Waals surface area contributed by atoms with Crippen molar-refractivity contribution in [3.05, 3.63) is 35.4 Å². The highest BCUT2D eigenvalue weighted by Gasteiger charge is 2.17. The van der Waals surface area contributed by atoms with Gasteiger partial charge in [-0.3, -0.25) is 9.69 Å². The maximum absolute atomic E-state index is 12.0. The van der Waals surface area contributed by atoms with Gasteiger partial charge in [-0.1, -0.05) is 52.0 Å². The number of carbonyl (C=O) groups is 1. The molecule has 1 aromatic carbocycles. The number of benzene rings is 1. The topological polar surface area (TPSA) is 58.4 Å². The summed E-state index contributed by atoms with van der Waals surface area (Å²) in [4.78, 5) is 14.3. The molecule has 0 spiro atoms. The minimum absolute atomic E-state index is 0. The molecule has 0 saturated carbocycles. The van der Waals surface area contributed by atoms with Crippen molar-refractivity contribution in [2.75, 3.05) is 13.1 Å². The van der Waals surface area contributed by atoms with Crippen LogP contribution in [-0.2, 0) is 17.9 Å². The number of nitrogens with zero attached hydrogens (tertiary/aromatic N) is 1. The third-order valence-corrected chi connectivity index (χ3v) is 3.88. The lowest BCUT2D eigenvalue weighted by molar-refractivity contribution is -0.123. The highest BCUT2D eigenvalue weighted by Crippen LogP contribution is 2.12. The van der Waals surface area contributed by atoms with Gasteiger partial charge in [0, 0.05) is 13.1 Å². The van der Waals surface area contributed by atoms with E-state index in [0.29, 0.717) is 6.54 Å². The van der Waals surface area contributed by atoms with E-state index in [1.807, 2.05) is 26.0 Å².